The Bertz CT molecular complexity index is 380. The van der Waals surface area contributed by atoms with E-state index in [1.165, 1.54) is 11.3 Å². The lowest BCUT2D eigenvalue weighted by molar-refractivity contribution is -0.126. The van der Waals surface area contributed by atoms with Crippen LogP contribution >= 0.6 is 11.3 Å². The van der Waals surface area contributed by atoms with Crippen LogP contribution in [0.1, 0.15) is 37.4 Å². The fourth-order valence-corrected chi connectivity index (χ4v) is 3.10. The second-order valence-electron chi connectivity index (χ2n) is 4.87. The van der Waals surface area contributed by atoms with E-state index in [1.54, 1.807) is 0 Å². The molecule has 1 aromatic heterocycles. The molecular weight excluding hydrogens is 248 g/mol. The van der Waals surface area contributed by atoms with E-state index in [9.17, 15) is 9.90 Å². The summed E-state index contributed by atoms with van der Waals surface area (Å²) in [6, 6.07) is 1.84. The minimum atomic E-state index is -0.625. The maximum Gasteiger partial charge on any atom is 0.224 e. The largest absolute Gasteiger partial charge is 0.387 e. The van der Waals surface area contributed by atoms with Gasteiger partial charge in [0.1, 0.15) is 0 Å². The van der Waals surface area contributed by atoms with Crippen LogP contribution in [0.2, 0.25) is 0 Å². The predicted octanol–water partition coefficient (Wildman–Crippen LogP) is 1.42. The summed E-state index contributed by atoms with van der Waals surface area (Å²) in [4.78, 5) is 12.0. The molecule has 0 aliphatic heterocycles. The normalized spacial score (nSPS) is 25.7. The highest BCUT2D eigenvalue weighted by atomic mass is 32.1. The Kier molecular flexibility index (Phi) is 4.74. The van der Waals surface area contributed by atoms with Gasteiger partial charge in [0.2, 0.25) is 5.91 Å². The van der Waals surface area contributed by atoms with Crippen LogP contribution in [0.3, 0.4) is 0 Å². The Hall–Kier alpha value is -0.910. The number of aliphatic hydroxyl groups is 1. The molecule has 5 heteroatoms. The zero-order valence-corrected chi connectivity index (χ0v) is 11.2. The summed E-state index contributed by atoms with van der Waals surface area (Å²) < 4.78 is 0. The monoisotopic (exact) mass is 268 g/mol. The maximum absolute atomic E-state index is 12.0. The molecule has 0 bridgehead atoms. The molecule has 1 aromatic rings. The van der Waals surface area contributed by atoms with Crippen LogP contribution in [-0.4, -0.2) is 23.6 Å². The highest BCUT2D eigenvalue weighted by Crippen LogP contribution is 2.23. The van der Waals surface area contributed by atoms with Gasteiger partial charge < -0.3 is 16.2 Å². The third-order valence-electron chi connectivity index (χ3n) is 3.55. The highest BCUT2D eigenvalue weighted by Gasteiger charge is 2.28. The number of hydrogen-bond donors (Lipinski definition) is 3. The molecule has 4 nitrogen and oxygen atoms in total. The van der Waals surface area contributed by atoms with Gasteiger partial charge >= 0.3 is 0 Å². The number of amides is 1. The zero-order chi connectivity index (χ0) is 13.0. The lowest BCUT2D eigenvalue weighted by Gasteiger charge is -2.27. The molecule has 1 saturated carbocycles. The number of rotatable bonds is 4. The standard InChI is InChI=1S/C13H20N2O2S/c14-11-4-2-1-3-10(11)13(17)15-7-12(16)9-5-6-18-8-9/h5-6,8,10-12,16H,1-4,7,14H2,(H,15,17). The number of nitrogens with one attached hydrogen (secondary N) is 1. The van der Waals surface area contributed by atoms with E-state index in [0.29, 0.717) is 0 Å². The van der Waals surface area contributed by atoms with Crippen LogP contribution in [0.25, 0.3) is 0 Å². The molecule has 1 amide bonds. The van der Waals surface area contributed by atoms with Crippen LogP contribution in [0, 0.1) is 5.92 Å². The van der Waals surface area contributed by atoms with Crippen molar-refractivity contribution in [3.8, 4) is 0 Å². The molecule has 1 fully saturated rings. The van der Waals surface area contributed by atoms with Crippen molar-refractivity contribution in [1.29, 1.82) is 0 Å². The van der Waals surface area contributed by atoms with Crippen LogP contribution in [0.15, 0.2) is 16.8 Å². The van der Waals surface area contributed by atoms with Crippen molar-refractivity contribution in [3.05, 3.63) is 22.4 Å². The summed E-state index contributed by atoms with van der Waals surface area (Å²) in [6.45, 7) is 0.263. The number of carbonyl (C=O) groups is 1. The summed E-state index contributed by atoms with van der Waals surface area (Å²) in [5.41, 5.74) is 6.81. The van der Waals surface area contributed by atoms with Gasteiger partial charge in [0.05, 0.1) is 12.0 Å². The third-order valence-corrected chi connectivity index (χ3v) is 4.26. The van der Waals surface area contributed by atoms with Crippen molar-refractivity contribution in [1.82, 2.24) is 5.32 Å². The Morgan fingerprint density at radius 1 is 1.56 bits per heavy atom. The molecule has 1 heterocycles. The molecular formula is C13H20N2O2S. The van der Waals surface area contributed by atoms with E-state index < -0.39 is 6.10 Å². The Morgan fingerprint density at radius 3 is 3.00 bits per heavy atom. The average Bonchev–Trinajstić information content (AvgIpc) is 2.90. The lowest BCUT2D eigenvalue weighted by atomic mass is 9.84. The van der Waals surface area contributed by atoms with Gasteiger partial charge in [-0.05, 0) is 35.2 Å². The SMILES string of the molecule is NC1CCCCC1C(=O)NCC(O)c1ccsc1. The van der Waals surface area contributed by atoms with Gasteiger partial charge in [-0.25, -0.2) is 0 Å². The van der Waals surface area contributed by atoms with E-state index in [2.05, 4.69) is 5.32 Å². The first-order valence-corrected chi connectivity index (χ1v) is 7.36. The Morgan fingerprint density at radius 2 is 2.33 bits per heavy atom. The second kappa shape index (κ2) is 6.31. The Labute approximate surface area is 111 Å². The van der Waals surface area contributed by atoms with E-state index in [-0.39, 0.29) is 24.4 Å². The second-order valence-corrected chi connectivity index (χ2v) is 5.65. The van der Waals surface area contributed by atoms with Crippen molar-refractivity contribution >= 4 is 17.2 Å². The van der Waals surface area contributed by atoms with Gasteiger partial charge in [0.15, 0.2) is 0 Å². The summed E-state index contributed by atoms with van der Waals surface area (Å²) in [7, 11) is 0. The first kappa shape index (κ1) is 13.5. The van der Waals surface area contributed by atoms with Gasteiger partial charge in [-0.1, -0.05) is 12.8 Å². The minimum absolute atomic E-state index is 0.0171. The fourth-order valence-electron chi connectivity index (χ4n) is 2.40. The molecule has 3 unspecified atom stereocenters. The molecule has 0 radical (unpaired) electrons. The molecule has 0 spiro atoms. The van der Waals surface area contributed by atoms with Crippen molar-refractivity contribution in [2.45, 2.75) is 37.8 Å². The summed E-state index contributed by atoms with van der Waals surface area (Å²) >= 11 is 1.54. The molecule has 1 aliphatic carbocycles. The molecule has 0 aromatic carbocycles. The smallest absolute Gasteiger partial charge is 0.224 e. The molecule has 3 atom stereocenters. The first-order valence-electron chi connectivity index (χ1n) is 6.42. The third kappa shape index (κ3) is 3.31. The average molecular weight is 268 g/mol. The summed E-state index contributed by atoms with van der Waals surface area (Å²) in [5, 5.41) is 16.5. The fraction of sp³-hybridized carbons (Fsp3) is 0.615. The summed E-state index contributed by atoms with van der Waals surface area (Å²) in [5.74, 6) is -0.107. The maximum atomic E-state index is 12.0. The number of hydrogen-bond acceptors (Lipinski definition) is 4. The van der Waals surface area contributed by atoms with Crippen LogP contribution < -0.4 is 11.1 Å². The van der Waals surface area contributed by atoms with Crippen molar-refractivity contribution in [2.24, 2.45) is 11.7 Å². The van der Waals surface area contributed by atoms with Crippen molar-refractivity contribution in [3.63, 3.8) is 0 Å². The molecule has 0 saturated heterocycles. The van der Waals surface area contributed by atoms with Gasteiger partial charge in [-0.15, -0.1) is 0 Å². The van der Waals surface area contributed by atoms with Crippen LogP contribution in [0.4, 0.5) is 0 Å². The van der Waals surface area contributed by atoms with Gasteiger partial charge in [-0.2, -0.15) is 11.3 Å². The molecule has 1 aliphatic rings. The van der Waals surface area contributed by atoms with E-state index in [0.717, 1.165) is 31.2 Å². The van der Waals surface area contributed by atoms with Gasteiger partial charge in [-0.3, -0.25) is 4.79 Å². The van der Waals surface area contributed by atoms with Crippen molar-refractivity contribution < 1.29 is 9.90 Å². The lowest BCUT2D eigenvalue weighted by Crippen LogP contribution is -2.44. The predicted molar refractivity (Wildman–Crippen MR) is 72.2 cm³/mol. The number of nitrogens with two attached hydrogens (primary N) is 1. The number of carbonyl (C=O) groups excluding carboxylic acids is 1. The first-order chi connectivity index (χ1) is 8.68. The van der Waals surface area contributed by atoms with Crippen LogP contribution in [0.5, 0.6) is 0 Å². The molecule has 4 N–H and O–H groups in total. The Balaban J connectivity index is 1.80. The van der Waals surface area contributed by atoms with Gasteiger partial charge in [0.25, 0.3) is 0 Å². The van der Waals surface area contributed by atoms with Crippen LogP contribution in [-0.2, 0) is 4.79 Å². The zero-order valence-electron chi connectivity index (χ0n) is 10.3. The number of aliphatic hydroxyl groups excluding tert-OH is 1. The topological polar surface area (TPSA) is 75.4 Å². The van der Waals surface area contributed by atoms with E-state index in [1.807, 2.05) is 16.8 Å². The highest BCUT2D eigenvalue weighted by molar-refractivity contribution is 7.07. The minimum Gasteiger partial charge on any atom is -0.387 e. The van der Waals surface area contributed by atoms with E-state index >= 15 is 0 Å². The molecule has 2 rings (SSSR count). The number of thiophene rings is 1. The quantitative estimate of drug-likeness (QED) is 0.773. The van der Waals surface area contributed by atoms with Gasteiger partial charge in [0, 0.05) is 12.6 Å². The van der Waals surface area contributed by atoms with E-state index in [4.69, 9.17) is 5.73 Å². The molecule has 100 valence electrons. The molecule has 18 heavy (non-hydrogen) atoms. The van der Waals surface area contributed by atoms with Crippen molar-refractivity contribution in [2.75, 3.05) is 6.54 Å². The summed E-state index contributed by atoms with van der Waals surface area (Å²) in [6.07, 6.45) is 3.34.